The van der Waals surface area contributed by atoms with Gasteiger partial charge in [-0.05, 0) is 30.6 Å². The van der Waals surface area contributed by atoms with Gasteiger partial charge in [-0.2, -0.15) is 0 Å². The number of benzene rings is 2. The van der Waals surface area contributed by atoms with E-state index in [-0.39, 0.29) is 0 Å². The summed E-state index contributed by atoms with van der Waals surface area (Å²) in [6.45, 7) is 2.08. The lowest BCUT2D eigenvalue weighted by Gasteiger charge is -2.33. The standard InChI is InChI=1S/C22H23N3S/c1-26-22-23-20(19-10-6-3-7-11-19)16-21(24-22)25-14-12-18(13-15-25)17-8-4-2-5-9-17/h2-11,16,18H,12-15H2,1H3. The molecule has 3 nitrogen and oxygen atoms in total. The molecule has 0 amide bonds. The first-order valence-electron chi connectivity index (χ1n) is 9.12. The summed E-state index contributed by atoms with van der Waals surface area (Å²) < 4.78 is 0. The molecule has 0 saturated carbocycles. The van der Waals surface area contributed by atoms with E-state index < -0.39 is 0 Å². The van der Waals surface area contributed by atoms with Crippen LogP contribution in [0.4, 0.5) is 5.82 Å². The molecule has 4 heteroatoms. The number of piperidine rings is 1. The molecule has 1 aliphatic heterocycles. The van der Waals surface area contributed by atoms with E-state index in [1.807, 2.05) is 12.3 Å². The highest BCUT2D eigenvalue weighted by atomic mass is 32.2. The smallest absolute Gasteiger partial charge is 0.189 e. The molecule has 0 atom stereocenters. The lowest BCUT2D eigenvalue weighted by molar-refractivity contribution is 0.501. The number of thioether (sulfide) groups is 1. The van der Waals surface area contributed by atoms with Gasteiger partial charge in [-0.25, -0.2) is 9.97 Å². The molecule has 26 heavy (non-hydrogen) atoms. The van der Waals surface area contributed by atoms with Gasteiger partial charge < -0.3 is 4.90 Å². The van der Waals surface area contributed by atoms with Gasteiger partial charge >= 0.3 is 0 Å². The third kappa shape index (κ3) is 3.75. The predicted molar refractivity (Wildman–Crippen MR) is 110 cm³/mol. The van der Waals surface area contributed by atoms with Crippen LogP contribution >= 0.6 is 11.8 Å². The van der Waals surface area contributed by atoms with Crippen molar-refractivity contribution in [3.05, 3.63) is 72.3 Å². The summed E-state index contributed by atoms with van der Waals surface area (Å²) in [4.78, 5) is 11.9. The van der Waals surface area contributed by atoms with E-state index in [1.165, 1.54) is 18.4 Å². The van der Waals surface area contributed by atoms with Crippen molar-refractivity contribution in [2.24, 2.45) is 0 Å². The van der Waals surface area contributed by atoms with Crippen LogP contribution in [0.2, 0.25) is 0 Å². The van der Waals surface area contributed by atoms with Crippen LogP contribution in [0, 0.1) is 0 Å². The minimum absolute atomic E-state index is 0.655. The minimum Gasteiger partial charge on any atom is -0.356 e. The van der Waals surface area contributed by atoms with E-state index in [2.05, 4.69) is 65.6 Å². The predicted octanol–water partition coefficient (Wildman–Crippen LogP) is 5.25. The highest BCUT2D eigenvalue weighted by Gasteiger charge is 2.22. The van der Waals surface area contributed by atoms with Crippen LogP contribution in [-0.4, -0.2) is 29.3 Å². The van der Waals surface area contributed by atoms with Crippen LogP contribution < -0.4 is 4.90 Å². The lowest BCUT2D eigenvalue weighted by Crippen LogP contribution is -2.33. The molecule has 0 aliphatic carbocycles. The Labute approximate surface area is 159 Å². The van der Waals surface area contributed by atoms with Crippen molar-refractivity contribution in [1.82, 2.24) is 9.97 Å². The number of hydrogen-bond acceptors (Lipinski definition) is 4. The monoisotopic (exact) mass is 361 g/mol. The zero-order valence-electron chi connectivity index (χ0n) is 15.0. The van der Waals surface area contributed by atoms with Crippen molar-refractivity contribution in [1.29, 1.82) is 0 Å². The highest BCUT2D eigenvalue weighted by molar-refractivity contribution is 7.98. The third-order valence-corrected chi connectivity index (χ3v) is 5.58. The molecular formula is C22H23N3S. The Bertz CT molecular complexity index is 844. The van der Waals surface area contributed by atoms with Crippen molar-refractivity contribution in [2.45, 2.75) is 23.9 Å². The summed E-state index contributed by atoms with van der Waals surface area (Å²) in [7, 11) is 0. The first-order valence-corrected chi connectivity index (χ1v) is 10.3. The Kier molecular flexibility index (Phi) is 5.21. The van der Waals surface area contributed by atoms with E-state index >= 15 is 0 Å². The van der Waals surface area contributed by atoms with Crippen LogP contribution in [0.25, 0.3) is 11.3 Å². The van der Waals surface area contributed by atoms with Gasteiger partial charge in [-0.1, -0.05) is 72.4 Å². The fourth-order valence-electron chi connectivity index (χ4n) is 3.59. The van der Waals surface area contributed by atoms with Crippen molar-refractivity contribution >= 4 is 17.6 Å². The van der Waals surface area contributed by atoms with E-state index in [0.29, 0.717) is 5.92 Å². The molecule has 1 fully saturated rings. The van der Waals surface area contributed by atoms with Crippen LogP contribution in [-0.2, 0) is 0 Å². The molecule has 0 bridgehead atoms. The maximum atomic E-state index is 4.78. The topological polar surface area (TPSA) is 29.0 Å². The van der Waals surface area contributed by atoms with E-state index in [4.69, 9.17) is 9.97 Å². The molecule has 0 unspecified atom stereocenters. The number of anilines is 1. The zero-order chi connectivity index (χ0) is 17.8. The summed E-state index contributed by atoms with van der Waals surface area (Å²) in [6.07, 6.45) is 4.38. The quantitative estimate of drug-likeness (QED) is 0.469. The fourth-order valence-corrected chi connectivity index (χ4v) is 3.96. The highest BCUT2D eigenvalue weighted by Crippen LogP contribution is 2.31. The van der Waals surface area contributed by atoms with E-state index in [9.17, 15) is 0 Å². The Morgan fingerprint density at radius 3 is 2.19 bits per heavy atom. The van der Waals surface area contributed by atoms with Crippen LogP contribution in [0.3, 0.4) is 0 Å². The van der Waals surface area contributed by atoms with Crippen LogP contribution in [0.5, 0.6) is 0 Å². The SMILES string of the molecule is CSc1nc(-c2ccccc2)cc(N2CCC(c3ccccc3)CC2)n1. The van der Waals surface area contributed by atoms with Gasteiger partial charge in [0, 0.05) is 24.7 Å². The Balaban J connectivity index is 1.55. The maximum absolute atomic E-state index is 4.78. The first kappa shape index (κ1) is 17.1. The second-order valence-electron chi connectivity index (χ2n) is 6.64. The fraction of sp³-hybridized carbons (Fsp3) is 0.273. The number of aromatic nitrogens is 2. The molecule has 2 heterocycles. The van der Waals surface area contributed by atoms with Gasteiger partial charge in [-0.3, -0.25) is 0 Å². The molecule has 0 radical (unpaired) electrons. The van der Waals surface area contributed by atoms with Crippen molar-refractivity contribution in [3.63, 3.8) is 0 Å². The third-order valence-electron chi connectivity index (χ3n) is 5.03. The maximum Gasteiger partial charge on any atom is 0.189 e. The van der Waals surface area contributed by atoms with Gasteiger partial charge in [0.25, 0.3) is 0 Å². The Morgan fingerprint density at radius 1 is 0.885 bits per heavy atom. The second-order valence-corrected chi connectivity index (χ2v) is 7.41. The van der Waals surface area contributed by atoms with Crippen LogP contribution in [0.1, 0.15) is 24.3 Å². The Hall–Kier alpha value is -2.33. The molecular weight excluding hydrogens is 338 g/mol. The second kappa shape index (κ2) is 7.92. The average molecular weight is 362 g/mol. The minimum atomic E-state index is 0.655. The van der Waals surface area contributed by atoms with Gasteiger partial charge in [0.15, 0.2) is 5.16 Å². The van der Waals surface area contributed by atoms with Gasteiger partial charge in [0.1, 0.15) is 5.82 Å². The molecule has 0 spiro atoms. The molecule has 3 aromatic rings. The molecule has 1 saturated heterocycles. The molecule has 0 N–H and O–H groups in total. The van der Waals surface area contributed by atoms with Crippen molar-refractivity contribution < 1.29 is 0 Å². The molecule has 2 aromatic carbocycles. The normalized spacial score (nSPS) is 15.2. The van der Waals surface area contributed by atoms with Crippen LogP contribution in [0.15, 0.2) is 71.9 Å². The number of hydrogen-bond donors (Lipinski definition) is 0. The average Bonchev–Trinajstić information content (AvgIpc) is 2.75. The van der Waals surface area contributed by atoms with Crippen molar-refractivity contribution in [2.75, 3.05) is 24.2 Å². The molecule has 1 aliphatic rings. The summed E-state index contributed by atoms with van der Waals surface area (Å²) >= 11 is 1.60. The van der Waals surface area contributed by atoms with Gasteiger partial charge in [-0.15, -0.1) is 0 Å². The van der Waals surface area contributed by atoms with Gasteiger partial charge in [0.2, 0.25) is 0 Å². The number of nitrogens with zero attached hydrogens (tertiary/aromatic N) is 3. The summed E-state index contributed by atoms with van der Waals surface area (Å²) in [5.41, 5.74) is 3.61. The first-order chi connectivity index (χ1) is 12.8. The summed E-state index contributed by atoms with van der Waals surface area (Å²) in [5.74, 6) is 1.71. The van der Waals surface area contributed by atoms with E-state index in [1.54, 1.807) is 11.8 Å². The summed E-state index contributed by atoms with van der Waals surface area (Å²) in [6, 6.07) is 23.4. The zero-order valence-corrected chi connectivity index (χ0v) is 15.8. The van der Waals surface area contributed by atoms with E-state index in [0.717, 1.165) is 35.3 Å². The molecule has 132 valence electrons. The molecule has 1 aromatic heterocycles. The lowest BCUT2D eigenvalue weighted by atomic mass is 9.89. The van der Waals surface area contributed by atoms with Gasteiger partial charge in [0.05, 0.1) is 5.69 Å². The number of rotatable bonds is 4. The molecule has 4 rings (SSSR count). The largest absolute Gasteiger partial charge is 0.356 e. The Morgan fingerprint density at radius 2 is 1.54 bits per heavy atom. The van der Waals surface area contributed by atoms with Crippen molar-refractivity contribution in [3.8, 4) is 11.3 Å². The summed E-state index contributed by atoms with van der Waals surface area (Å²) in [5, 5.41) is 0.839.